The second kappa shape index (κ2) is 6.37. The summed E-state index contributed by atoms with van der Waals surface area (Å²) in [5.74, 6) is -0.362. The van der Waals surface area contributed by atoms with Crippen LogP contribution in [0.4, 0.5) is 0 Å². The first-order valence-corrected chi connectivity index (χ1v) is 4.62. The fourth-order valence-electron chi connectivity index (χ4n) is 0.886. The highest BCUT2D eigenvalue weighted by atomic mass is 16.3. The van der Waals surface area contributed by atoms with Gasteiger partial charge >= 0.3 is 0 Å². The van der Waals surface area contributed by atoms with Crippen molar-refractivity contribution in [1.82, 2.24) is 10.6 Å². The molecule has 0 aliphatic heterocycles. The molecule has 0 radical (unpaired) electrons. The van der Waals surface area contributed by atoms with Gasteiger partial charge in [-0.3, -0.25) is 9.59 Å². The molecule has 5 nitrogen and oxygen atoms in total. The fourth-order valence-corrected chi connectivity index (χ4v) is 0.886. The lowest BCUT2D eigenvalue weighted by Gasteiger charge is -2.19. The van der Waals surface area contributed by atoms with Crippen LogP contribution in [0, 0.1) is 5.92 Å². The third-order valence-corrected chi connectivity index (χ3v) is 1.85. The van der Waals surface area contributed by atoms with Gasteiger partial charge in [-0.2, -0.15) is 0 Å². The van der Waals surface area contributed by atoms with Gasteiger partial charge in [0.2, 0.25) is 11.8 Å². The van der Waals surface area contributed by atoms with Crippen molar-refractivity contribution in [2.24, 2.45) is 5.92 Å². The van der Waals surface area contributed by atoms with E-state index in [4.69, 9.17) is 5.11 Å². The highest BCUT2D eigenvalue weighted by molar-refractivity contribution is 5.83. The Balaban J connectivity index is 3.85. The van der Waals surface area contributed by atoms with E-state index in [-0.39, 0.29) is 36.9 Å². The summed E-state index contributed by atoms with van der Waals surface area (Å²) < 4.78 is 0. The monoisotopic (exact) mass is 202 g/mol. The molecule has 0 fully saturated rings. The molecule has 82 valence electrons. The molecule has 2 amide bonds. The molecule has 0 aliphatic carbocycles. The van der Waals surface area contributed by atoms with Crippen LogP contribution in [0.25, 0.3) is 0 Å². The van der Waals surface area contributed by atoms with Crippen LogP contribution in [-0.2, 0) is 9.59 Å². The number of aliphatic hydroxyl groups excluding tert-OH is 1. The Bertz CT molecular complexity index is 204. The SMILES string of the molecule is CC(=O)NCC(=O)N[C@H](CO)C(C)C. The van der Waals surface area contributed by atoms with Crippen LogP contribution in [-0.4, -0.2) is 36.1 Å². The molecule has 0 saturated heterocycles. The molecule has 0 bridgehead atoms. The van der Waals surface area contributed by atoms with Crippen molar-refractivity contribution in [3.63, 3.8) is 0 Å². The van der Waals surface area contributed by atoms with E-state index in [0.717, 1.165) is 0 Å². The maximum Gasteiger partial charge on any atom is 0.239 e. The summed E-state index contributed by atoms with van der Waals surface area (Å²) in [6, 6.07) is -0.253. The predicted molar refractivity (Wildman–Crippen MR) is 52.5 cm³/mol. The first kappa shape index (κ1) is 12.9. The van der Waals surface area contributed by atoms with Gasteiger partial charge < -0.3 is 15.7 Å². The summed E-state index contributed by atoms with van der Waals surface area (Å²) in [7, 11) is 0. The lowest BCUT2D eigenvalue weighted by molar-refractivity contribution is -0.125. The first-order valence-electron chi connectivity index (χ1n) is 4.62. The quantitative estimate of drug-likeness (QED) is 0.549. The molecule has 0 rings (SSSR count). The fraction of sp³-hybridized carbons (Fsp3) is 0.778. The maximum absolute atomic E-state index is 11.2. The van der Waals surface area contributed by atoms with Gasteiger partial charge in [0.05, 0.1) is 19.2 Å². The second-order valence-corrected chi connectivity index (χ2v) is 3.51. The van der Waals surface area contributed by atoms with Crippen LogP contribution >= 0.6 is 0 Å². The predicted octanol–water partition coefficient (Wildman–Crippen LogP) is -0.744. The molecule has 0 unspecified atom stereocenters. The Hall–Kier alpha value is -1.10. The van der Waals surface area contributed by atoms with Crippen molar-refractivity contribution in [3.8, 4) is 0 Å². The largest absolute Gasteiger partial charge is 0.394 e. The van der Waals surface area contributed by atoms with Crippen molar-refractivity contribution in [2.75, 3.05) is 13.2 Å². The van der Waals surface area contributed by atoms with E-state index in [1.54, 1.807) is 0 Å². The Morgan fingerprint density at radius 3 is 2.29 bits per heavy atom. The van der Waals surface area contributed by atoms with Crippen LogP contribution in [0.15, 0.2) is 0 Å². The Kier molecular flexibility index (Phi) is 5.87. The Labute approximate surface area is 83.9 Å². The molecule has 5 heteroatoms. The van der Waals surface area contributed by atoms with Gasteiger partial charge in [0.25, 0.3) is 0 Å². The standard InChI is InChI=1S/C9H18N2O3/c1-6(2)8(5-12)11-9(14)4-10-7(3)13/h6,8,12H,4-5H2,1-3H3,(H,10,13)(H,11,14)/t8-/m1/s1. The van der Waals surface area contributed by atoms with E-state index in [1.807, 2.05) is 13.8 Å². The zero-order chi connectivity index (χ0) is 11.1. The number of hydrogen-bond donors (Lipinski definition) is 3. The summed E-state index contributed by atoms with van der Waals surface area (Å²) in [4.78, 5) is 21.7. The van der Waals surface area contributed by atoms with E-state index in [9.17, 15) is 9.59 Å². The summed E-state index contributed by atoms with van der Waals surface area (Å²) >= 11 is 0. The van der Waals surface area contributed by atoms with Gasteiger partial charge in [-0.25, -0.2) is 0 Å². The highest BCUT2D eigenvalue weighted by Crippen LogP contribution is 1.99. The third-order valence-electron chi connectivity index (χ3n) is 1.85. The van der Waals surface area contributed by atoms with Gasteiger partial charge in [0, 0.05) is 6.92 Å². The van der Waals surface area contributed by atoms with Gasteiger partial charge in [0.15, 0.2) is 0 Å². The van der Waals surface area contributed by atoms with Crippen molar-refractivity contribution >= 4 is 11.8 Å². The summed E-state index contributed by atoms with van der Waals surface area (Å²) in [6.07, 6.45) is 0. The van der Waals surface area contributed by atoms with E-state index < -0.39 is 0 Å². The molecule has 0 saturated carbocycles. The third kappa shape index (κ3) is 5.53. The van der Waals surface area contributed by atoms with E-state index in [0.29, 0.717) is 0 Å². The average Bonchev–Trinajstić information content (AvgIpc) is 2.10. The second-order valence-electron chi connectivity index (χ2n) is 3.51. The highest BCUT2D eigenvalue weighted by Gasteiger charge is 2.14. The first-order chi connectivity index (χ1) is 6.47. The summed E-state index contributed by atoms with van der Waals surface area (Å²) in [6.45, 7) is 5.01. The molecule has 0 spiro atoms. The molecule has 0 aromatic heterocycles. The molecule has 0 aliphatic rings. The smallest absolute Gasteiger partial charge is 0.239 e. The topological polar surface area (TPSA) is 78.4 Å². The minimum atomic E-state index is -0.284. The van der Waals surface area contributed by atoms with Crippen molar-refractivity contribution in [2.45, 2.75) is 26.8 Å². The maximum atomic E-state index is 11.2. The van der Waals surface area contributed by atoms with Gasteiger partial charge in [-0.15, -0.1) is 0 Å². The normalized spacial score (nSPS) is 12.4. The number of carbonyl (C=O) groups is 2. The van der Waals surface area contributed by atoms with Gasteiger partial charge in [0.1, 0.15) is 0 Å². The molecule has 0 aromatic carbocycles. The number of nitrogens with one attached hydrogen (secondary N) is 2. The molecule has 0 heterocycles. The summed E-state index contributed by atoms with van der Waals surface area (Å²) in [5.41, 5.74) is 0. The number of hydrogen-bond acceptors (Lipinski definition) is 3. The molecular formula is C9H18N2O3. The molecule has 3 N–H and O–H groups in total. The van der Waals surface area contributed by atoms with Crippen LogP contribution in [0.5, 0.6) is 0 Å². The number of aliphatic hydroxyl groups is 1. The minimum Gasteiger partial charge on any atom is -0.394 e. The summed E-state index contributed by atoms with van der Waals surface area (Å²) in [5, 5.41) is 13.9. The van der Waals surface area contributed by atoms with E-state index in [1.165, 1.54) is 6.92 Å². The number of carbonyl (C=O) groups excluding carboxylic acids is 2. The van der Waals surface area contributed by atoms with Crippen LogP contribution in [0.1, 0.15) is 20.8 Å². The Morgan fingerprint density at radius 2 is 1.93 bits per heavy atom. The molecule has 1 atom stereocenters. The Morgan fingerprint density at radius 1 is 1.36 bits per heavy atom. The van der Waals surface area contributed by atoms with Gasteiger partial charge in [-0.1, -0.05) is 13.8 Å². The lowest BCUT2D eigenvalue weighted by atomic mass is 10.1. The van der Waals surface area contributed by atoms with E-state index >= 15 is 0 Å². The van der Waals surface area contributed by atoms with Crippen LogP contribution in [0.3, 0.4) is 0 Å². The van der Waals surface area contributed by atoms with Crippen LogP contribution in [0.2, 0.25) is 0 Å². The lowest BCUT2D eigenvalue weighted by Crippen LogP contribution is -2.45. The van der Waals surface area contributed by atoms with Crippen molar-refractivity contribution in [1.29, 1.82) is 0 Å². The van der Waals surface area contributed by atoms with Crippen molar-refractivity contribution in [3.05, 3.63) is 0 Å². The van der Waals surface area contributed by atoms with Crippen molar-refractivity contribution < 1.29 is 14.7 Å². The average molecular weight is 202 g/mol. The van der Waals surface area contributed by atoms with E-state index in [2.05, 4.69) is 10.6 Å². The molecule has 14 heavy (non-hydrogen) atoms. The van der Waals surface area contributed by atoms with Crippen LogP contribution < -0.4 is 10.6 Å². The number of amides is 2. The zero-order valence-corrected chi connectivity index (χ0v) is 8.83. The number of rotatable bonds is 5. The minimum absolute atomic E-state index is 0.0431. The van der Waals surface area contributed by atoms with Gasteiger partial charge in [-0.05, 0) is 5.92 Å². The zero-order valence-electron chi connectivity index (χ0n) is 8.83. The molecular weight excluding hydrogens is 184 g/mol. The molecule has 0 aromatic rings.